The molecule has 1 aliphatic rings. The van der Waals surface area contributed by atoms with E-state index in [9.17, 15) is 4.79 Å². The minimum absolute atomic E-state index is 0.0728. The van der Waals surface area contributed by atoms with E-state index in [1.54, 1.807) is 6.07 Å². The molecule has 0 aromatic heterocycles. The molecule has 26 heavy (non-hydrogen) atoms. The highest BCUT2D eigenvalue weighted by atomic mass is 35.5. The minimum atomic E-state index is -0.0728. The molecule has 0 saturated carbocycles. The molecule has 7 heteroatoms. The largest absolute Gasteiger partial charge is 0.378 e. The van der Waals surface area contributed by atoms with Crippen LogP contribution < -0.4 is 15.1 Å². The molecule has 2 aromatic rings. The molecule has 1 heterocycles. The van der Waals surface area contributed by atoms with E-state index in [1.807, 2.05) is 60.3 Å². The highest BCUT2D eigenvalue weighted by Gasteiger charge is 2.21. The Bertz CT molecular complexity index is 772. The van der Waals surface area contributed by atoms with Gasteiger partial charge in [-0.2, -0.15) is 0 Å². The number of nitrogens with zero attached hydrogens (tertiary/aromatic N) is 3. The zero-order valence-corrected chi connectivity index (χ0v) is 16.4. The van der Waals surface area contributed by atoms with Crippen molar-refractivity contribution in [3.8, 4) is 0 Å². The van der Waals surface area contributed by atoms with Crippen LogP contribution in [-0.4, -0.2) is 51.2 Å². The molecule has 1 N–H and O–H groups in total. The fourth-order valence-corrected chi connectivity index (χ4v) is 3.19. The summed E-state index contributed by atoms with van der Waals surface area (Å²) >= 11 is 12.1. The van der Waals surface area contributed by atoms with Crippen molar-refractivity contribution in [3.63, 3.8) is 0 Å². The van der Waals surface area contributed by atoms with Gasteiger partial charge in [0, 0.05) is 57.3 Å². The molecule has 0 radical (unpaired) electrons. The monoisotopic (exact) mass is 392 g/mol. The molecule has 5 nitrogen and oxygen atoms in total. The molecule has 2 aromatic carbocycles. The van der Waals surface area contributed by atoms with Crippen LogP contribution in [-0.2, 0) is 0 Å². The van der Waals surface area contributed by atoms with Gasteiger partial charge in [-0.25, -0.2) is 4.79 Å². The molecular formula is C19H22Cl2N4O. The van der Waals surface area contributed by atoms with Crippen molar-refractivity contribution in [1.82, 2.24) is 4.90 Å². The van der Waals surface area contributed by atoms with Gasteiger partial charge < -0.3 is 20.0 Å². The molecule has 1 saturated heterocycles. The highest BCUT2D eigenvalue weighted by Crippen LogP contribution is 2.27. The van der Waals surface area contributed by atoms with Crippen LogP contribution in [0.25, 0.3) is 0 Å². The number of carbonyl (C=O) groups excluding carboxylic acids is 1. The van der Waals surface area contributed by atoms with Crippen LogP contribution in [0.4, 0.5) is 21.9 Å². The first kappa shape index (κ1) is 18.7. The van der Waals surface area contributed by atoms with Crippen LogP contribution in [0.15, 0.2) is 42.5 Å². The Morgan fingerprint density at radius 2 is 1.62 bits per heavy atom. The zero-order valence-electron chi connectivity index (χ0n) is 14.9. The van der Waals surface area contributed by atoms with Crippen molar-refractivity contribution >= 4 is 46.3 Å². The molecule has 0 aliphatic carbocycles. The lowest BCUT2D eigenvalue weighted by molar-refractivity contribution is 0.208. The second kappa shape index (κ2) is 8.06. The van der Waals surface area contributed by atoms with E-state index >= 15 is 0 Å². The maximum absolute atomic E-state index is 12.5. The molecule has 3 rings (SSSR count). The van der Waals surface area contributed by atoms with Gasteiger partial charge in [-0.05, 0) is 42.5 Å². The van der Waals surface area contributed by atoms with Gasteiger partial charge in [-0.1, -0.05) is 23.2 Å². The van der Waals surface area contributed by atoms with Gasteiger partial charge in [0.15, 0.2) is 0 Å². The second-order valence-electron chi connectivity index (χ2n) is 6.44. The Morgan fingerprint density at radius 1 is 0.962 bits per heavy atom. The first-order valence-corrected chi connectivity index (χ1v) is 9.23. The minimum Gasteiger partial charge on any atom is -0.378 e. The number of piperazine rings is 1. The summed E-state index contributed by atoms with van der Waals surface area (Å²) in [4.78, 5) is 18.5. The average molecular weight is 393 g/mol. The molecule has 0 atom stereocenters. The third-order valence-electron chi connectivity index (χ3n) is 4.47. The molecule has 1 fully saturated rings. The lowest BCUT2D eigenvalue weighted by Crippen LogP contribution is -2.50. The molecule has 2 amide bonds. The van der Waals surface area contributed by atoms with Crippen LogP contribution in [0.2, 0.25) is 10.0 Å². The fraction of sp³-hybridized carbons (Fsp3) is 0.316. The SMILES string of the molecule is CN(C)c1ccc(NC(=O)N2CCN(c3ccc(Cl)c(Cl)c3)CC2)cc1. The maximum Gasteiger partial charge on any atom is 0.321 e. The third kappa shape index (κ3) is 4.34. The standard InChI is InChI=1S/C19H22Cl2N4O/c1-23(2)15-5-3-14(4-6-15)22-19(26)25-11-9-24(10-12-25)16-7-8-17(20)18(21)13-16/h3-8,13H,9-12H2,1-2H3,(H,22,26). The summed E-state index contributed by atoms with van der Waals surface area (Å²) in [6.07, 6.45) is 0. The van der Waals surface area contributed by atoms with Gasteiger partial charge in [0.1, 0.15) is 0 Å². The summed E-state index contributed by atoms with van der Waals surface area (Å²) in [5, 5.41) is 4.06. The quantitative estimate of drug-likeness (QED) is 0.840. The summed E-state index contributed by atoms with van der Waals surface area (Å²) < 4.78 is 0. The maximum atomic E-state index is 12.5. The number of halogens is 2. The predicted molar refractivity (Wildman–Crippen MR) is 110 cm³/mol. The van der Waals surface area contributed by atoms with Crippen LogP contribution in [0.5, 0.6) is 0 Å². The van der Waals surface area contributed by atoms with Gasteiger partial charge in [-0.15, -0.1) is 0 Å². The van der Waals surface area contributed by atoms with Gasteiger partial charge in [-0.3, -0.25) is 0 Å². The third-order valence-corrected chi connectivity index (χ3v) is 5.21. The molecule has 0 unspecified atom stereocenters. The van der Waals surface area contributed by atoms with Gasteiger partial charge in [0.25, 0.3) is 0 Å². The molecule has 1 aliphatic heterocycles. The van der Waals surface area contributed by atoms with Crippen molar-refractivity contribution in [1.29, 1.82) is 0 Å². The van der Waals surface area contributed by atoms with Gasteiger partial charge in [0.2, 0.25) is 0 Å². The first-order valence-electron chi connectivity index (χ1n) is 8.47. The number of benzene rings is 2. The number of nitrogens with one attached hydrogen (secondary N) is 1. The van der Waals surface area contributed by atoms with E-state index in [4.69, 9.17) is 23.2 Å². The molecule has 0 bridgehead atoms. The Kier molecular flexibility index (Phi) is 5.79. The number of anilines is 3. The van der Waals surface area contributed by atoms with E-state index in [1.165, 1.54) is 0 Å². The van der Waals surface area contributed by atoms with Gasteiger partial charge in [0.05, 0.1) is 10.0 Å². The summed E-state index contributed by atoms with van der Waals surface area (Å²) in [6, 6.07) is 13.3. The van der Waals surface area contributed by atoms with Crippen LogP contribution in [0.1, 0.15) is 0 Å². The smallest absolute Gasteiger partial charge is 0.321 e. The predicted octanol–water partition coefficient (Wildman–Crippen LogP) is 4.41. The average Bonchev–Trinajstić information content (AvgIpc) is 2.64. The Morgan fingerprint density at radius 3 is 2.19 bits per heavy atom. The van der Waals surface area contributed by atoms with Crippen molar-refractivity contribution in [2.75, 3.05) is 55.4 Å². The number of carbonyl (C=O) groups is 1. The fourth-order valence-electron chi connectivity index (χ4n) is 2.89. The number of hydrogen-bond acceptors (Lipinski definition) is 3. The van der Waals surface area contributed by atoms with Crippen molar-refractivity contribution in [2.45, 2.75) is 0 Å². The summed E-state index contributed by atoms with van der Waals surface area (Å²) in [6.45, 7) is 2.82. The second-order valence-corrected chi connectivity index (χ2v) is 7.26. The Labute approximate surface area is 164 Å². The molecular weight excluding hydrogens is 371 g/mol. The van der Waals surface area contributed by atoms with E-state index < -0.39 is 0 Å². The number of hydrogen-bond donors (Lipinski definition) is 1. The summed E-state index contributed by atoms with van der Waals surface area (Å²) in [5.74, 6) is 0. The van der Waals surface area contributed by atoms with E-state index in [0.717, 1.165) is 30.2 Å². The van der Waals surface area contributed by atoms with Crippen LogP contribution >= 0.6 is 23.2 Å². The lowest BCUT2D eigenvalue weighted by atomic mass is 10.2. The molecule has 0 spiro atoms. The topological polar surface area (TPSA) is 38.8 Å². The van der Waals surface area contributed by atoms with Crippen molar-refractivity contribution in [2.24, 2.45) is 0 Å². The Balaban J connectivity index is 1.55. The van der Waals surface area contributed by atoms with E-state index in [0.29, 0.717) is 23.1 Å². The Hall–Kier alpha value is -2.11. The number of rotatable bonds is 3. The highest BCUT2D eigenvalue weighted by molar-refractivity contribution is 6.42. The number of urea groups is 1. The summed E-state index contributed by atoms with van der Waals surface area (Å²) in [7, 11) is 3.97. The zero-order chi connectivity index (χ0) is 18.7. The first-order chi connectivity index (χ1) is 12.4. The van der Waals surface area contributed by atoms with E-state index in [2.05, 4.69) is 10.2 Å². The summed E-state index contributed by atoms with van der Waals surface area (Å²) in [5.41, 5.74) is 2.92. The normalized spacial score (nSPS) is 14.3. The van der Waals surface area contributed by atoms with E-state index in [-0.39, 0.29) is 6.03 Å². The van der Waals surface area contributed by atoms with Gasteiger partial charge >= 0.3 is 6.03 Å². The molecule has 138 valence electrons. The number of amides is 2. The van der Waals surface area contributed by atoms with Crippen LogP contribution in [0.3, 0.4) is 0 Å². The lowest BCUT2D eigenvalue weighted by Gasteiger charge is -2.36. The van der Waals surface area contributed by atoms with Crippen LogP contribution in [0, 0.1) is 0 Å². The van der Waals surface area contributed by atoms with Crippen molar-refractivity contribution < 1.29 is 4.79 Å². The van der Waals surface area contributed by atoms with Crippen molar-refractivity contribution in [3.05, 3.63) is 52.5 Å².